The number of carbonyl (C=O) groups excluding carboxylic acids is 2. The lowest BCUT2D eigenvalue weighted by molar-refractivity contribution is -0.116. The number of carbonyl (C=O) groups is 2. The summed E-state index contributed by atoms with van der Waals surface area (Å²) in [5.41, 5.74) is 1.45. The SMILES string of the molecule is O=C(CCC1CCCC1)Nc1ccc(NC(=O)NCC2CCCO2)cc1. The molecule has 1 heterocycles. The smallest absolute Gasteiger partial charge is 0.319 e. The van der Waals surface area contributed by atoms with Crippen molar-refractivity contribution >= 4 is 23.3 Å². The van der Waals surface area contributed by atoms with Gasteiger partial charge < -0.3 is 20.7 Å². The highest BCUT2D eigenvalue weighted by molar-refractivity contribution is 5.92. The molecule has 3 amide bonds. The Morgan fingerprint density at radius 2 is 1.65 bits per heavy atom. The summed E-state index contributed by atoms with van der Waals surface area (Å²) in [6, 6.07) is 6.96. The highest BCUT2D eigenvalue weighted by atomic mass is 16.5. The zero-order valence-corrected chi connectivity index (χ0v) is 15.3. The second kappa shape index (κ2) is 9.57. The summed E-state index contributed by atoms with van der Waals surface area (Å²) in [5, 5.41) is 8.53. The van der Waals surface area contributed by atoms with E-state index >= 15 is 0 Å². The molecule has 1 aliphatic carbocycles. The van der Waals surface area contributed by atoms with Crippen molar-refractivity contribution in [2.24, 2.45) is 5.92 Å². The molecule has 6 heteroatoms. The lowest BCUT2D eigenvalue weighted by Gasteiger charge is -2.12. The predicted molar refractivity (Wildman–Crippen MR) is 102 cm³/mol. The second-order valence-corrected chi connectivity index (χ2v) is 7.28. The van der Waals surface area contributed by atoms with E-state index in [1.165, 1.54) is 25.7 Å². The molecule has 1 aliphatic heterocycles. The summed E-state index contributed by atoms with van der Waals surface area (Å²) < 4.78 is 5.48. The molecule has 2 aliphatic rings. The van der Waals surface area contributed by atoms with Crippen LogP contribution in [0.1, 0.15) is 51.4 Å². The van der Waals surface area contributed by atoms with Crippen molar-refractivity contribution in [2.45, 2.75) is 57.5 Å². The molecule has 0 aromatic heterocycles. The zero-order valence-electron chi connectivity index (χ0n) is 15.3. The number of benzene rings is 1. The van der Waals surface area contributed by atoms with Gasteiger partial charge in [0.05, 0.1) is 6.10 Å². The molecular weight excluding hydrogens is 330 g/mol. The first-order valence-electron chi connectivity index (χ1n) is 9.75. The van der Waals surface area contributed by atoms with E-state index in [4.69, 9.17) is 4.74 Å². The first-order valence-corrected chi connectivity index (χ1v) is 9.75. The van der Waals surface area contributed by atoms with Gasteiger partial charge in [0.25, 0.3) is 0 Å². The van der Waals surface area contributed by atoms with Crippen molar-refractivity contribution in [1.29, 1.82) is 0 Å². The van der Waals surface area contributed by atoms with Crippen LogP contribution in [0.15, 0.2) is 24.3 Å². The van der Waals surface area contributed by atoms with E-state index in [1.54, 1.807) is 12.1 Å². The monoisotopic (exact) mass is 359 g/mol. The average molecular weight is 359 g/mol. The maximum absolute atomic E-state index is 12.0. The Kier molecular flexibility index (Phi) is 6.89. The molecule has 6 nitrogen and oxygen atoms in total. The largest absolute Gasteiger partial charge is 0.376 e. The first-order chi connectivity index (χ1) is 12.7. The molecule has 1 atom stereocenters. The first kappa shape index (κ1) is 18.7. The number of rotatable bonds is 7. The summed E-state index contributed by atoms with van der Waals surface area (Å²) in [6.45, 7) is 1.31. The fraction of sp³-hybridized carbons (Fsp3) is 0.600. The zero-order chi connectivity index (χ0) is 18.2. The van der Waals surface area contributed by atoms with Gasteiger partial charge in [-0.1, -0.05) is 25.7 Å². The topological polar surface area (TPSA) is 79.5 Å². The number of nitrogens with one attached hydrogen (secondary N) is 3. The Morgan fingerprint density at radius 1 is 0.962 bits per heavy atom. The van der Waals surface area contributed by atoms with E-state index in [-0.39, 0.29) is 18.0 Å². The van der Waals surface area contributed by atoms with Crippen LogP contribution in [0.2, 0.25) is 0 Å². The van der Waals surface area contributed by atoms with E-state index in [0.29, 0.717) is 18.7 Å². The van der Waals surface area contributed by atoms with Crippen LogP contribution in [0.3, 0.4) is 0 Å². The lowest BCUT2D eigenvalue weighted by Crippen LogP contribution is -2.35. The van der Waals surface area contributed by atoms with Gasteiger partial charge in [-0.15, -0.1) is 0 Å². The Labute approximate surface area is 155 Å². The standard InChI is InChI=1S/C20H29N3O3/c24-19(12-7-15-4-1-2-5-15)22-16-8-10-17(11-9-16)23-20(25)21-14-18-6-3-13-26-18/h8-11,15,18H,1-7,12-14H2,(H,22,24)(H2,21,23,25). The number of anilines is 2. The minimum atomic E-state index is -0.242. The van der Waals surface area contributed by atoms with Crippen LogP contribution >= 0.6 is 0 Å². The van der Waals surface area contributed by atoms with Crippen molar-refractivity contribution in [2.75, 3.05) is 23.8 Å². The van der Waals surface area contributed by atoms with Crippen molar-refractivity contribution in [3.63, 3.8) is 0 Å². The normalized spacial score (nSPS) is 20.1. The summed E-state index contributed by atoms with van der Waals surface area (Å²) in [4.78, 5) is 23.9. The second-order valence-electron chi connectivity index (χ2n) is 7.28. The third-order valence-electron chi connectivity index (χ3n) is 5.20. The third kappa shape index (κ3) is 6.02. The van der Waals surface area contributed by atoms with Gasteiger partial charge in [-0.05, 0) is 49.4 Å². The van der Waals surface area contributed by atoms with E-state index in [0.717, 1.165) is 37.5 Å². The highest BCUT2D eigenvalue weighted by Gasteiger charge is 2.17. The molecule has 2 fully saturated rings. The highest BCUT2D eigenvalue weighted by Crippen LogP contribution is 2.28. The maximum atomic E-state index is 12.0. The fourth-order valence-corrected chi connectivity index (χ4v) is 3.68. The summed E-state index contributed by atoms with van der Waals surface area (Å²) in [5.74, 6) is 0.785. The number of ether oxygens (including phenoxy) is 1. The number of hydrogen-bond acceptors (Lipinski definition) is 3. The predicted octanol–water partition coefficient (Wildman–Crippen LogP) is 3.90. The number of urea groups is 1. The van der Waals surface area contributed by atoms with Crippen molar-refractivity contribution in [1.82, 2.24) is 5.32 Å². The van der Waals surface area contributed by atoms with Crippen molar-refractivity contribution < 1.29 is 14.3 Å². The van der Waals surface area contributed by atoms with Crippen LogP contribution in [0.5, 0.6) is 0 Å². The lowest BCUT2D eigenvalue weighted by atomic mass is 10.0. The van der Waals surface area contributed by atoms with Crippen molar-refractivity contribution in [3.8, 4) is 0 Å². The summed E-state index contributed by atoms with van der Waals surface area (Å²) >= 11 is 0. The van der Waals surface area contributed by atoms with Gasteiger partial charge in [0, 0.05) is 30.9 Å². The maximum Gasteiger partial charge on any atom is 0.319 e. The quantitative estimate of drug-likeness (QED) is 0.691. The van der Waals surface area contributed by atoms with Crippen LogP contribution in [-0.4, -0.2) is 31.2 Å². The van der Waals surface area contributed by atoms with E-state index < -0.39 is 0 Å². The van der Waals surface area contributed by atoms with Gasteiger partial charge in [-0.2, -0.15) is 0 Å². The molecular formula is C20H29N3O3. The van der Waals surface area contributed by atoms with Crippen LogP contribution < -0.4 is 16.0 Å². The van der Waals surface area contributed by atoms with Crippen LogP contribution in [0.4, 0.5) is 16.2 Å². The molecule has 0 bridgehead atoms. The molecule has 3 N–H and O–H groups in total. The van der Waals surface area contributed by atoms with Crippen LogP contribution in [0, 0.1) is 5.92 Å². The molecule has 26 heavy (non-hydrogen) atoms. The van der Waals surface area contributed by atoms with Gasteiger partial charge in [-0.25, -0.2) is 4.79 Å². The van der Waals surface area contributed by atoms with Gasteiger partial charge in [0.2, 0.25) is 5.91 Å². The van der Waals surface area contributed by atoms with Gasteiger partial charge in [0.1, 0.15) is 0 Å². The minimum absolute atomic E-state index is 0.0620. The minimum Gasteiger partial charge on any atom is -0.376 e. The molecule has 0 radical (unpaired) electrons. The fourth-order valence-electron chi connectivity index (χ4n) is 3.68. The molecule has 1 saturated heterocycles. The Balaban J connectivity index is 1.36. The Bertz CT molecular complexity index is 538. The summed E-state index contributed by atoms with van der Waals surface area (Å²) in [6.07, 6.45) is 8.89. The molecule has 1 aromatic carbocycles. The van der Waals surface area contributed by atoms with Crippen LogP contribution in [0.25, 0.3) is 0 Å². The molecule has 3 rings (SSSR count). The van der Waals surface area contributed by atoms with Gasteiger partial charge in [0.15, 0.2) is 0 Å². The van der Waals surface area contributed by atoms with Gasteiger partial charge >= 0.3 is 6.03 Å². The summed E-state index contributed by atoms with van der Waals surface area (Å²) in [7, 11) is 0. The molecule has 1 aromatic rings. The Morgan fingerprint density at radius 3 is 2.31 bits per heavy atom. The van der Waals surface area contributed by atoms with E-state index in [2.05, 4.69) is 16.0 Å². The van der Waals surface area contributed by atoms with E-state index in [9.17, 15) is 9.59 Å². The molecule has 1 saturated carbocycles. The van der Waals surface area contributed by atoms with Crippen LogP contribution in [-0.2, 0) is 9.53 Å². The van der Waals surface area contributed by atoms with Gasteiger partial charge in [-0.3, -0.25) is 4.79 Å². The molecule has 1 unspecified atom stereocenters. The third-order valence-corrected chi connectivity index (χ3v) is 5.20. The van der Waals surface area contributed by atoms with Crippen molar-refractivity contribution in [3.05, 3.63) is 24.3 Å². The Hall–Kier alpha value is -2.08. The average Bonchev–Trinajstić information content (AvgIpc) is 3.34. The number of amides is 3. The number of hydrogen-bond donors (Lipinski definition) is 3. The molecule has 0 spiro atoms. The van der Waals surface area contributed by atoms with E-state index in [1.807, 2.05) is 12.1 Å². The molecule has 142 valence electrons.